The van der Waals surface area contributed by atoms with Crippen molar-refractivity contribution in [2.45, 2.75) is 59.3 Å². The highest BCUT2D eigenvalue weighted by atomic mass is 35.5. The van der Waals surface area contributed by atoms with E-state index >= 15 is 0 Å². The Morgan fingerprint density at radius 1 is 0.963 bits per heavy atom. The summed E-state index contributed by atoms with van der Waals surface area (Å²) in [6.45, 7) is 6.24. The van der Waals surface area contributed by atoms with Gasteiger partial charge in [0, 0.05) is 10.7 Å². The highest BCUT2D eigenvalue weighted by Crippen LogP contribution is 2.19. The van der Waals surface area contributed by atoms with E-state index in [0.29, 0.717) is 0 Å². The lowest BCUT2D eigenvalue weighted by Gasteiger charge is -2.09. The molecule has 0 aliphatic heterocycles. The van der Waals surface area contributed by atoms with E-state index in [-0.39, 0.29) is 0 Å². The van der Waals surface area contributed by atoms with Crippen molar-refractivity contribution in [2.75, 3.05) is 5.32 Å². The lowest BCUT2D eigenvalue weighted by Crippen LogP contribution is -2.07. The van der Waals surface area contributed by atoms with Crippen LogP contribution in [0.1, 0.15) is 64.0 Å². The van der Waals surface area contributed by atoms with Crippen LogP contribution in [0.25, 0.3) is 5.70 Å². The van der Waals surface area contributed by atoms with E-state index in [2.05, 4.69) is 36.5 Å². The van der Waals surface area contributed by atoms with Crippen LogP contribution >= 0.6 is 11.6 Å². The Balaban J connectivity index is 1.91. The molecule has 0 aliphatic carbocycles. The Bertz CT molecular complexity index is 743. The first kappa shape index (κ1) is 21.2. The van der Waals surface area contributed by atoms with Crippen LogP contribution in [0.15, 0.2) is 59.6 Å². The smallest absolute Gasteiger partial charge is 0.103 e. The molecule has 0 radical (unpaired) electrons. The van der Waals surface area contributed by atoms with E-state index in [9.17, 15) is 0 Å². The monoisotopic (exact) mass is 382 g/mol. The SMILES string of the molecule is C/C=C(\N=C(C)Nc1ccc(CCCCCCC)cc1)c1ccc(Cl)cc1. The highest BCUT2D eigenvalue weighted by Gasteiger charge is 2.02. The third-order valence-corrected chi connectivity index (χ3v) is 4.80. The standard InChI is InChI=1S/C24H31ClN2/c1-4-6-7-8-9-10-20-11-17-23(18-12-20)26-19(3)27-24(5-2)21-13-15-22(25)16-14-21/h5,11-18H,4,6-10H2,1-3H3,(H,26,27)/b24-5-. The van der Waals surface area contributed by atoms with E-state index in [1.807, 2.05) is 44.2 Å². The van der Waals surface area contributed by atoms with Gasteiger partial charge in [0.2, 0.25) is 0 Å². The van der Waals surface area contributed by atoms with Crippen molar-refractivity contribution in [3.63, 3.8) is 0 Å². The van der Waals surface area contributed by atoms with Crippen molar-refractivity contribution >= 4 is 28.8 Å². The average Bonchev–Trinajstić information content (AvgIpc) is 2.68. The minimum absolute atomic E-state index is 0.735. The third-order valence-electron chi connectivity index (χ3n) is 4.55. The molecule has 0 unspecified atom stereocenters. The number of aryl methyl sites for hydroxylation is 1. The first-order valence-electron chi connectivity index (χ1n) is 9.96. The van der Waals surface area contributed by atoms with Crippen molar-refractivity contribution in [3.05, 3.63) is 70.8 Å². The summed E-state index contributed by atoms with van der Waals surface area (Å²) < 4.78 is 0. The molecule has 27 heavy (non-hydrogen) atoms. The van der Waals surface area contributed by atoms with Gasteiger partial charge < -0.3 is 5.32 Å². The van der Waals surface area contributed by atoms with Crippen LogP contribution < -0.4 is 5.32 Å². The fourth-order valence-electron chi connectivity index (χ4n) is 3.02. The molecule has 2 aromatic rings. The number of anilines is 1. The fourth-order valence-corrected chi connectivity index (χ4v) is 3.15. The maximum absolute atomic E-state index is 5.97. The largest absolute Gasteiger partial charge is 0.344 e. The fraction of sp³-hybridized carbons (Fsp3) is 0.375. The summed E-state index contributed by atoms with van der Waals surface area (Å²) in [7, 11) is 0. The number of allylic oxidation sites excluding steroid dienone is 1. The average molecular weight is 383 g/mol. The van der Waals surface area contributed by atoms with Crippen LogP contribution in [0.5, 0.6) is 0 Å². The molecular weight excluding hydrogens is 352 g/mol. The molecule has 0 amide bonds. The van der Waals surface area contributed by atoms with Gasteiger partial charge in [-0.25, -0.2) is 4.99 Å². The summed E-state index contributed by atoms with van der Waals surface area (Å²) in [4.78, 5) is 4.71. The van der Waals surface area contributed by atoms with Crippen molar-refractivity contribution in [3.8, 4) is 0 Å². The van der Waals surface area contributed by atoms with Crippen LogP contribution in [-0.4, -0.2) is 5.84 Å². The van der Waals surface area contributed by atoms with E-state index in [4.69, 9.17) is 16.6 Å². The number of halogens is 1. The quantitative estimate of drug-likeness (QED) is 0.267. The molecule has 2 aromatic carbocycles. The van der Waals surface area contributed by atoms with E-state index in [1.54, 1.807) is 0 Å². The summed E-state index contributed by atoms with van der Waals surface area (Å²) in [5, 5.41) is 4.12. The summed E-state index contributed by atoms with van der Waals surface area (Å²) in [6, 6.07) is 16.5. The number of unbranched alkanes of at least 4 members (excludes halogenated alkanes) is 4. The maximum Gasteiger partial charge on any atom is 0.103 e. The van der Waals surface area contributed by atoms with Crippen molar-refractivity contribution < 1.29 is 0 Å². The number of benzene rings is 2. The number of aliphatic imine (C=N–C) groups is 1. The van der Waals surface area contributed by atoms with Gasteiger partial charge in [0.05, 0.1) is 5.70 Å². The van der Waals surface area contributed by atoms with Gasteiger partial charge >= 0.3 is 0 Å². The van der Waals surface area contributed by atoms with E-state index in [1.165, 1.54) is 37.7 Å². The van der Waals surface area contributed by atoms with Crippen molar-refractivity contribution in [1.82, 2.24) is 0 Å². The first-order chi connectivity index (χ1) is 13.1. The Morgan fingerprint density at radius 3 is 2.26 bits per heavy atom. The van der Waals surface area contributed by atoms with Crippen LogP contribution in [0.2, 0.25) is 5.02 Å². The van der Waals surface area contributed by atoms with E-state index in [0.717, 1.165) is 34.2 Å². The summed E-state index contributed by atoms with van der Waals surface area (Å²) in [5.74, 6) is 0.866. The number of nitrogens with zero attached hydrogens (tertiary/aromatic N) is 1. The van der Waals surface area contributed by atoms with E-state index < -0.39 is 0 Å². The molecule has 1 N–H and O–H groups in total. The lowest BCUT2D eigenvalue weighted by atomic mass is 10.1. The topological polar surface area (TPSA) is 24.4 Å². The van der Waals surface area contributed by atoms with Crippen LogP contribution in [-0.2, 0) is 6.42 Å². The zero-order valence-corrected chi connectivity index (χ0v) is 17.5. The van der Waals surface area contributed by atoms with Gasteiger partial charge in [-0.3, -0.25) is 0 Å². The molecule has 2 rings (SSSR count). The van der Waals surface area contributed by atoms with Gasteiger partial charge in [-0.1, -0.05) is 74.5 Å². The second-order valence-corrected chi connectivity index (χ2v) is 7.30. The van der Waals surface area contributed by atoms with Crippen LogP contribution in [0.4, 0.5) is 5.69 Å². The predicted molar refractivity (Wildman–Crippen MR) is 121 cm³/mol. The Labute approximate surface area is 169 Å². The molecule has 3 heteroatoms. The van der Waals surface area contributed by atoms with Crippen LogP contribution in [0, 0.1) is 0 Å². The number of hydrogen-bond acceptors (Lipinski definition) is 1. The molecule has 0 heterocycles. The molecular formula is C24H31ClN2. The van der Waals surface area contributed by atoms with Gasteiger partial charge in [0.15, 0.2) is 0 Å². The number of nitrogens with one attached hydrogen (secondary N) is 1. The Kier molecular flexibility index (Phi) is 9.13. The molecule has 2 nitrogen and oxygen atoms in total. The zero-order chi connectivity index (χ0) is 19.5. The molecule has 144 valence electrons. The third kappa shape index (κ3) is 7.60. The van der Waals surface area contributed by atoms with Gasteiger partial charge in [-0.05, 0) is 62.1 Å². The lowest BCUT2D eigenvalue weighted by molar-refractivity contribution is 0.632. The minimum atomic E-state index is 0.735. The molecule has 0 aromatic heterocycles. The van der Waals surface area contributed by atoms with Gasteiger partial charge in [-0.2, -0.15) is 0 Å². The normalized spacial score (nSPS) is 12.3. The van der Waals surface area contributed by atoms with Crippen molar-refractivity contribution in [1.29, 1.82) is 0 Å². The molecule has 0 atom stereocenters. The first-order valence-corrected chi connectivity index (χ1v) is 10.3. The Morgan fingerprint density at radius 2 is 1.63 bits per heavy atom. The molecule has 0 bridgehead atoms. The number of rotatable bonds is 9. The van der Waals surface area contributed by atoms with Gasteiger partial charge in [0.1, 0.15) is 5.84 Å². The molecule has 0 aliphatic rings. The zero-order valence-electron chi connectivity index (χ0n) is 16.8. The van der Waals surface area contributed by atoms with Gasteiger partial charge in [-0.15, -0.1) is 0 Å². The molecule has 0 spiro atoms. The maximum atomic E-state index is 5.97. The predicted octanol–water partition coefficient (Wildman–Crippen LogP) is 7.74. The highest BCUT2D eigenvalue weighted by molar-refractivity contribution is 6.30. The molecule has 0 saturated heterocycles. The number of hydrogen-bond donors (Lipinski definition) is 1. The van der Waals surface area contributed by atoms with Crippen LogP contribution in [0.3, 0.4) is 0 Å². The second-order valence-electron chi connectivity index (χ2n) is 6.86. The van der Waals surface area contributed by atoms with Crippen molar-refractivity contribution in [2.24, 2.45) is 4.99 Å². The molecule has 0 saturated carbocycles. The summed E-state index contributed by atoms with van der Waals surface area (Å²) in [5.41, 5.74) is 4.46. The summed E-state index contributed by atoms with van der Waals surface area (Å²) >= 11 is 5.97. The summed E-state index contributed by atoms with van der Waals surface area (Å²) in [6.07, 6.45) is 9.79. The minimum Gasteiger partial charge on any atom is -0.344 e. The second kappa shape index (κ2) is 11.6. The Hall–Kier alpha value is -2.06. The molecule has 0 fully saturated rings. The van der Waals surface area contributed by atoms with Gasteiger partial charge in [0.25, 0.3) is 0 Å². The number of amidine groups is 1.